The van der Waals surface area contributed by atoms with Gasteiger partial charge in [-0.15, -0.1) is 0 Å². The van der Waals surface area contributed by atoms with Crippen molar-refractivity contribution in [3.8, 4) is 0 Å². The minimum absolute atomic E-state index is 0.543. The molecule has 1 aromatic rings. The summed E-state index contributed by atoms with van der Waals surface area (Å²) in [7, 11) is 0. The van der Waals surface area contributed by atoms with E-state index in [1.165, 1.54) is 6.33 Å². The highest BCUT2D eigenvalue weighted by atomic mass is 35.5. The Labute approximate surface area is 113 Å². The summed E-state index contributed by atoms with van der Waals surface area (Å²) in [6, 6.07) is 0. The second-order valence-corrected chi connectivity index (χ2v) is 4.58. The lowest BCUT2D eigenvalue weighted by Crippen LogP contribution is -2.39. The Balaban J connectivity index is 1.84. The number of anilines is 1. The summed E-state index contributed by atoms with van der Waals surface area (Å²) in [6.07, 6.45) is 2.33. The molecule has 0 spiro atoms. The second-order valence-electron chi connectivity index (χ2n) is 4.23. The first kappa shape index (κ1) is 13.5. The van der Waals surface area contributed by atoms with Gasteiger partial charge >= 0.3 is 0 Å². The predicted octanol–water partition coefficient (Wildman–Crippen LogP) is 1.44. The van der Waals surface area contributed by atoms with Crippen LogP contribution in [0.5, 0.6) is 0 Å². The van der Waals surface area contributed by atoms with E-state index in [0.717, 1.165) is 57.2 Å². The molecule has 1 fully saturated rings. The Morgan fingerprint density at radius 1 is 1.39 bits per heavy atom. The molecule has 6 heteroatoms. The molecule has 0 radical (unpaired) electrons. The third kappa shape index (κ3) is 3.54. The van der Waals surface area contributed by atoms with Crippen molar-refractivity contribution < 1.29 is 4.74 Å². The van der Waals surface area contributed by atoms with Gasteiger partial charge in [0.1, 0.15) is 17.3 Å². The molecule has 1 N–H and O–H groups in total. The first-order valence-electron chi connectivity index (χ1n) is 6.34. The number of nitrogens with zero attached hydrogens (tertiary/aromatic N) is 3. The number of halogens is 1. The van der Waals surface area contributed by atoms with Crippen LogP contribution in [0, 0.1) is 0 Å². The van der Waals surface area contributed by atoms with E-state index in [9.17, 15) is 0 Å². The Kier molecular flexibility index (Phi) is 5.16. The van der Waals surface area contributed by atoms with Gasteiger partial charge in [0.05, 0.1) is 13.2 Å². The molecule has 0 saturated carbocycles. The summed E-state index contributed by atoms with van der Waals surface area (Å²) in [5, 5.41) is 3.88. The van der Waals surface area contributed by atoms with Gasteiger partial charge in [-0.25, -0.2) is 9.97 Å². The molecule has 0 amide bonds. The maximum atomic E-state index is 6.04. The van der Waals surface area contributed by atoms with Crippen molar-refractivity contribution in [1.82, 2.24) is 14.9 Å². The first-order chi connectivity index (χ1) is 8.81. The number of morpholine rings is 1. The maximum Gasteiger partial charge on any atom is 0.137 e. The fourth-order valence-electron chi connectivity index (χ4n) is 2.01. The van der Waals surface area contributed by atoms with E-state index in [1.807, 2.05) is 0 Å². The molecule has 0 aliphatic carbocycles. The number of rotatable bonds is 5. The van der Waals surface area contributed by atoms with Crippen molar-refractivity contribution in [3.63, 3.8) is 0 Å². The van der Waals surface area contributed by atoms with Gasteiger partial charge in [0.15, 0.2) is 0 Å². The van der Waals surface area contributed by atoms with Crippen LogP contribution in [0.4, 0.5) is 5.82 Å². The zero-order chi connectivity index (χ0) is 12.8. The lowest BCUT2D eigenvalue weighted by Gasteiger charge is -2.26. The SMILES string of the molecule is CCc1c(Cl)ncnc1NCCN1CCOCC1. The Morgan fingerprint density at radius 2 is 2.17 bits per heavy atom. The van der Waals surface area contributed by atoms with Crippen LogP contribution in [0.3, 0.4) is 0 Å². The van der Waals surface area contributed by atoms with Gasteiger partial charge in [-0.3, -0.25) is 4.90 Å². The lowest BCUT2D eigenvalue weighted by atomic mass is 10.2. The van der Waals surface area contributed by atoms with Crippen LogP contribution in [0.25, 0.3) is 0 Å². The monoisotopic (exact) mass is 270 g/mol. The van der Waals surface area contributed by atoms with E-state index in [1.54, 1.807) is 0 Å². The highest BCUT2D eigenvalue weighted by Crippen LogP contribution is 2.19. The molecule has 1 aromatic heterocycles. The van der Waals surface area contributed by atoms with Crippen LogP contribution in [0.15, 0.2) is 6.33 Å². The summed E-state index contributed by atoms with van der Waals surface area (Å²) < 4.78 is 5.32. The molecule has 5 nitrogen and oxygen atoms in total. The van der Waals surface area contributed by atoms with Crippen LogP contribution in [-0.4, -0.2) is 54.3 Å². The third-order valence-corrected chi connectivity index (χ3v) is 3.40. The molecule has 2 rings (SSSR count). The van der Waals surface area contributed by atoms with Crippen LogP contribution >= 0.6 is 11.6 Å². The summed E-state index contributed by atoms with van der Waals surface area (Å²) in [5.74, 6) is 0.853. The number of hydrogen-bond acceptors (Lipinski definition) is 5. The molecule has 0 atom stereocenters. The molecule has 1 aliphatic rings. The summed E-state index contributed by atoms with van der Waals surface area (Å²) >= 11 is 6.04. The van der Waals surface area contributed by atoms with Crippen molar-refractivity contribution in [3.05, 3.63) is 17.0 Å². The minimum atomic E-state index is 0.543. The van der Waals surface area contributed by atoms with Gasteiger partial charge in [0, 0.05) is 31.7 Å². The Hall–Kier alpha value is -0.910. The van der Waals surface area contributed by atoms with E-state index in [4.69, 9.17) is 16.3 Å². The van der Waals surface area contributed by atoms with Gasteiger partial charge in [-0.2, -0.15) is 0 Å². The van der Waals surface area contributed by atoms with Crippen LogP contribution in [0.2, 0.25) is 5.15 Å². The largest absolute Gasteiger partial charge is 0.379 e. The third-order valence-electron chi connectivity index (χ3n) is 3.07. The predicted molar refractivity (Wildman–Crippen MR) is 72.2 cm³/mol. The minimum Gasteiger partial charge on any atom is -0.379 e. The number of hydrogen-bond donors (Lipinski definition) is 1. The molecule has 2 heterocycles. The summed E-state index contributed by atoms with van der Waals surface area (Å²) in [5.41, 5.74) is 0.987. The normalized spacial score (nSPS) is 16.8. The quantitative estimate of drug-likeness (QED) is 0.821. The molecule has 0 bridgehead atoms. The first-order valence-corrected chi connectivity index (χ1v) is 6.72. The van der Waals surface area contributed by atoms with Crippen LogP contribution in [0.1, 0.15) is 12.5 Å². The molecular weight excluding hydrogens is 252 g/mol. The fourth-order valence-corrected chi connectivity index (χ4v) is 2.28. The number of nitrogens with one attached hydrogen (secondary N) is 1. The number of aromatic nitrogens is 2. The highest BCUT2D eigenvalue weighted by molar-refractivity contribution is 6.30. The molecule has 0 unspecified atom stereocenters. The standard InChI is InChI=1S/C12H19ClN4O/c1-2-10-11(13)15-9-16-12(10)14-3-4-17-5-7-18-8-6-17/h9H,2-8H2,1H3,(H,14,15,16). The molecule has 100 valence electrons. The van der Waals surface area contributed by atoms with E-state index in [-0.39, 0.29) is 0 Å². The second kappa shape index (κ2) is 6.87. The van der Waals surface area contributed by atoms with Gasteiger partial charge in [-0.1, -0.05) is 18.5 Å². The van der Waals surface area contributed by atoms with Gasteiger partial charge in [-0.05, 0) is 6.42 Å². The molecule has 1 aliphatic heterocycles. The van der Waals surface area contributed by atoms with Crippen molar-refractivity contribution in [2.45, 2.75) is 13.3 Å². The van der Waals surface area contributed by atoms with E-state index < -0.39 is 0 Å². The van der Waals surface area contributed by atoms with Gasteiger partial charge < -0.3 is 10.1 Å². The molecular formula is C12H19ClN4O. The zero-order valence-electron chi connectivity index (χ0n) is 10.7. The highest BCUT2D eigenvalue weighted by Gasteiger charge is 2.11. The molecule has 0 aromatic carbocycles. The Bertz CT molecular complexity index is 382. The smallest absolute Gasteiger partial charge is 0.137 e. The van der Waals surface area contributed by atoms with Crippen LogP contribution in [-0.2, 0) is 11.2 Å². The van der Waals surface area contributed by atoms with E-state index in [2.05, 4.69) is 27.1 Å². The van der Waals surface area contributed by atoms with Crippen molar-refractivity contribution in [2.75, 3.05) is 44.7 Å². The van der Waals surface area contributed by atoms with E-state index in [0.29, 0.717) is 5.15 Å². The van der Waals surface area contributed by atoms with Gasteiger partial charge in [0.25, 0.3) is 0 Å². The van der Waals surface area contributed by atoms with E-state index >= 15 is 0 Å². The number of ether oxygens (including phenoxy) is 1. The summed E-state index contributed by atoms with van der Waals surface area (Å²) in [6.45, 7) is 7.59. The van der Waals surface area contributed by atoms with Crippen molar-refractivity contribution in [1.29, 1.82) is 0 Å². The molecule has 1 saturated heterocycles. The lowest BCUT2D eigenvalue weighted by molar-refractivity contribution is 0.0398. The Morgan fingerprint density at radius 3 is 2.89 bits per heavy atom. The topological polar surface area (TPSA) is 50.3 Å². The molecule has 18 heavy (non-hydrogen) atoms. The maximum absolute atomic E-state index is 6.04. The fraction of sp³-hybridized carbons (Fsp3) is 0.667. The average molecular weight is 271 g/mol. The van der Waals surface area contributed by atoms with Gasteiger partial charge in [0.2, 0.25) is 0 Å². The average Bonchev–Trinajstić information content (AvgIpc) is 2.40. The van der Waals surface area contributed by atoms with Crippen LogP contribution < -0.4 is 5.32 Å². The van der Waals surface area contributed by atoms with Crippen molar-refractivity contribution >= 4 is 17.4 Å². The zero-order valence-corrected chi connectivity index (χ0v) is 11.4. The summed E-state index contributed by atoms with van der Waals surface area (Å²) in [4.78, 5) is 10.6. The van der Waals surface area contributed by atoms with Crippen molar-refractivity contribution in [2.24, 2.45) is 0 Å².